The number of nitrogens with two attached hydrogens (primary N) is 1. The van der Waals surface area contributed by atoms with Gasteiger partial charge in [0.25, 0.3) is 0 Å². The first-order chi connectivity index (χ1) is 8.68. The fourth-order valence-electron chi connectivity index (χ4n) is 2.41. The number of aryl methyl sites for hydroxylation is 1. The van der Waals surface area contributed by atoms with Gasteiger partial charge in [-0.15, -0.1) is 0 Å². The Labute approximate surface area is 108 Å². The van der Waals surface area contributed by atoms with Crippen LogP contribution in [-0.2, 0) is 11.3 Å². The number of aromatic nitrogens is 2. The molecule has 0 radical (unpaired) electrons. The molecule has 1 aromatic heterocycles. The first kappa shape index (κ1) is 13.1. The maximum atomic E-state index is 12.0. The molecule has 1 saturated heterocycles. The van der Waals surface area contributed by atoms with Crippen LogP contribution >= 0.6 is 0 Å². The molecular weight excluding hydrogens is 228 g/mol. The standard InChI is InChI=1S/C13H22N4O/c1-11(14)12-9-15-10-17(12)8-5-13(18)16-6-3-2-4-7-16/h9-11H,2-8,14H2,1H3. The molecule has 0 aliphatic carbocycles. The summed E-state index contributed by atoms with van der Waals surface area (Å²) >= 11 is 0. The molecule has 0 spiro atoms. The van der Waals surface area contributed by atoms with Crippen molar-refractivity contribution in [3.63, 3.8) is 0 Å². The fraction of sp³-hybridized carbons (Fsp3) is 0.692. The van der Waals surface area contributed by atoms with Gasteiger partial charge < -0.3 is 15.2 Å². The Balaban J connectivity index is 1.86. The number of carbonyl (C=O) groups excluding carboxylic acids is 1. The van der Waals surface area contributed by atoms with Crippen LogP contribution in [0.3, 0.4) is 0 Å². The predicted molar refractivity (Wildman–Crippen MR) is 69.9 cm³/mol. The van der Waals surface area contributed by atoms with Crippen LogP contribution in [0.1, 0.15) is 44.3 Å². The van der Waals surface area contributed by atoms with Crippen molar-refractivity contribution in [3.05, 3.63) is 18.2 Å². The molecule has 1 aliphatic heterocycles. The maximum absolute atomic E-state index is 12.0. The Morgan fingerprint density at radius 2 is 2.17 bits per heavy atom. The third kappa shape index (κ3) is 3.10. The van der Waals surface area contributed by atoms with Crippen LogP contribution in [0.2, 0.25) is 0 Å². The lowest BCUT2D eigenvalue weighted by atomic mass is 10.1. The zero-order valence-corrected chi connectivity index (χ0v) is 11.0. The molecule has 2 heterocycles. The van der Waals surface area contributed by atoms with Gasteiger partial charge in [-0.05, 0) is 26.2 Å². The van der Waals surface area contributed by atoms with Crippen molar-refractivity contribution in [1.29, 1.82) is 0 Å². The van der Waals surface area contributed by atoms with Gasteiger partial charge in [0.15, 0.2) is 0 Å². The minimum atomic E-state index is -0.0439. The SMILES string of the molecule is CC(N)c1cncn1CCC(=O)N1CCCCC1. The Morgan fingerprint density at radius 1 is 1.44 bits per heavy atom. The molecule has 2 rings (SSSR count). The summed E-state index contributed by atoms with van der Waals surface area (Å²) in [6.07, 6.45) is 7.60. The van der Waals surface area contributed by atoms with Crippen molar-refractivity contribution >= 4 is 5.91 Å². The van der Waals surface area contributed by atoms with Gasteiger partial charge in [-0.1, -0.05) is 0 Å². The van der Waals surface area contributed by atoms with Crippen molar-refractivity contribution in [3.8, 4) is 0 Å². The van der Waals surface area contributed by atoms with E-state index in [2.05, 4.69) is 4.98 Å². The van der Waals surface area contributed by atoms with Gasteiger partial charge in [-0.3, -0.25) is 4.79 Å². The summed E-state index contributed by atoms with van der Waals surface area (Å²) in [6.45, 7) is 4.44. The third-order valence-electron chi connectivity index (χ3n) is 3.49. The summed E-state index contributed by atoms with van der Waals surface area (Å²) in [5.41, 5.74) is 6.84. The Hall–Kier alpha value is -1.36. The quantitative estimate of drug-likeness (QED) is 0.876. The lowest BCUT2D eigenvalue weighted by molar-refractivity contribution is -0.132. The Kier molecular flexibility index (Phi) is 4.36. The van der Waals surface area contributed by atoms with Crippen LogP contribution in [0.5, 0.6) is 0 Å². The van der Waals surface area contributed by atoms with Crippen molar-refractivity contribution in [2.75, 3.05) is 13.1 Å². The van der Waals surface area contributed by atoms with Gasteiger partial charge in [0.05, 0.1) is 12.0 Å². The third-order valence-corrected chi connectivity index (χ3v) is 3.49. The zero-order valence-electron chi connectivity index (χ0n) is 11.0. The van der Waals surface area contributed by atoms with Gasteiger partial charge in [0, 0.05) is 38.3 Å². The van der Waals surface area contributed by atoms with E-state index >= 15 is 0 Å². The Bertz CT molecular complexity index is 393. The molecule has 1 fully saturated rings. The fourth-order valence-corrected chi connectivity index (χ4v) is 2.41. The minimum Gasteiger partial charge on any atom is -0.343 e. The molecule has 100 valence electrons. The number of nitrogens with zero attached hydrogens (tertiary/aromatic N) is 3. The van der Waals surface area contributed by atoms with Crippen LogP contribution in [0.15, 0.2) is 12.5 Å². The number of piperidine rings is 1. The van der Waals surface area contributed by atoms with E-state index in [-0.39, 0.29) is 11.9 Å². The first-order valence-electron chi connectivity index (χ1n) is 6.72. The highest BCUT2D eigenvalue weighted by atomic mass is 16.2. The Morgan fingerprint density at radius 3 is 2.83 bits per heavy atom. The van der Waals surface area contributed by atoms with Crippen molar-refractivity contribution in [1.82, 2.24) is 14.5 Å². The molecule has 1 atom stereocenters. The number of amides is 1. The van der Waals surface area contributed by atoms with Crippen LogP contribution in [0.25, 0.3) is 0 Å². The smallest absolute Gasteiger partial charge is 0.224 e. The maximum Gasteiger partial charge on any atom is 0.224 e. The lowest BCUT2D eigenvalue weighted by Gasteiger charge is -2.26. The molecule has 1 aromatic rings. The topological polar surface area (TPSA) is 64.1 Å². The van der Waals surface area contributed by atoms with E-state index in [1.807, 2.05) is 16.4 Å². The summed E-state index contributed by atoms with van der Waals surface area (Å²) < 4.78 is 1.98. The number of hydrogen-bond donors (Lipinski definition) is 1. The summed E-state index contributed by atoms with van der Waals surface area (Å²) in [6, 6.07) is -0.0439. The summed E-state index contributed by atoms with van der Waals surface area (Å²) in [5.74, 6) is 0.249. The summed E-state index contributed by atoms with van der Waals surface area (Å²) in [5, 5.41) is 0. The van der Waals surface area contributed by atoms with Crippen LogP contribution < -0.4 is 5.73 Å². The monoisotopic (exact) mass is 250 g/mol. The van der Waals surface area contributed by atoms with Gasteiger partial charge in [0.1, 0.15) is 0 Å². The van der Waals surface area contributed by atoms with E-state index in [1.54, 1.807) is 12.5 Å². The van der Waals surface area contributed by atoms with Crippen molar-refractivity contribution < 1.29 is 4.79 Å². The molecule has 1 aliphatic rings. The van der Waals surface area contributed by atoms with Gasteiger partial charge in [0.2, 0.25) is 5.91 Å². The molecule has 0 saturated carbocycles. The molecule has 1 unspecified atom stereocenters. The van der Waals surface area contributed by atoms with E-state index < -0.39 is 0 Å². The van der Waals surface area contributed by atoms with E-state index in [4.69, 9.17) is 5.73 Å². The highest BCUT2D eigenvalue weighted by molar-refractivity contribution is 5.76. The van der Waals surface area contributed by atoms with Crippen LogP contribution in [0.4, 0.5) is 0 Å². The highest BCUT2D eigenvalue weighted by Gasteiger charge is 2.16. The number of rotatable bonds is 4. The number of likely N-dealkylation sites (tertiary alicyclic amines) is 1. The zero-order chi connectivity index (χ0) is 13.0. The summed E-state index contributed by atoms with van der Waals surface area (Å²) in [4.78, 5) is 18.1. The lowest BCUT2D eigenvalue weighted by Crippen LogP contribution is -2.36. The van der Waals surface area contributed by atoms with Crippen LogP contribution in [-0.4, -0.2) is 33.4 Å². The molecule has 0 aromatic carbocycles. The van der Waals surface area contributed by atoms with Crippen molar-refractivity contribution in [2.24, 2.45) is 5.73 Å². The second kappa shape index (κ2) is 6.00. The van der Waals surface area contributed by atoms with E-state index in [0.29, 0.717) is 13.0 Å². The predicted octanol–water partition coefficient (Wildman–Crippen LogP) is 1.31. The van der Waals surface area contributed by atoms with Crippen molar-refractivity contribution in [2.45, 2.75) is 45.2 Å². The number of hydrogen-bond acceptors (Lipinski definition) is 3. The average molecular weight is 250 g/mol. The minimum absolute atomic E-state index is 0.0439. The summed E-state index contributed by atoms with van der Waals surface area (Å²) in [7, 11) is 0. The molecular formula is C13H22N4O. The van der Waals surface area contributed by atoms with Gasteiger partial charge >= 0.3 is 0 Å². The van der Waals surface area contributed by atoms with E-state index in [9.17, 15) is 4.79 Å². The number of imidazole rings is 1. The molecule has 1 amide bonds. The van der Waals surface area contributed by atoms with Crippen LogP contribution in [0, 0.1) is 0 Å². The molecule has 2 N–H and O–H groups in total. The first-order valence-corrected chi connectivity index (χ1v) is 6.72. The largest absolute Gasteiger partial charge is 0.343 e. The molecule has 18 heavy (non-hydrogen) atoms. The second-order valence-corrected chi connectivity index (χ2v) is 4.99. The van der Waals surface area contributed by atoms with E-state index in [0.717, 1.165) is 31.6 Å². The average Bonchev–Trinajstić information content (AvgIpc) is 2.85. The van der Waals surface area contributed by atoms with Gasteiger partial charge in [-0.25, -0.2) is 4.98 Å². The second-order valence-electron chi connectivity index (χ2n) is 4.99. The molecule has 5 heteroatoms. The normalized spacial score (nSPS) is 17.8. The molecule has 5 nitrogen and oxygen atoms in total. The molecule has 0 bridgehead atoms. The van der Waals surface area contributed by atoms with Gasteiger partial charge in [-0.2, -0.15) is 0 Å². The highest BCUT2D eigenvalue weighted by Crippen LogP contribution is 2.12. The van der Waals surface area contributed by atoms with E-state index in [1.165, 1.54) is 6.42 Å². The number of carbonyl (C=O) groups is 1.